The normalized spacial score (nSPS) is 18.8. The molecule has 0 N–H and O–H groups in total. The predicted molar refractivity (Wildman–Crippen MR) is 43.0 cm³/mol. The molecule has 5 heteroatoms. The van der Waals surface area contributed by atoms with E-state index in [9.17, 15) is 8.42 Å². The predicted octanol–water partition coefficient (Wildman–Crippen LogP) is 1.75. The van der Waals surface area contributed by atoms with Crippen LogP contribution in [-0.2, 0) is 10.0 Å². The van der Waals surface area contributed by atoms with E-state index in [1.807, 2.05) is 0 Å². The summed E-state index contributed by atoms with van der Waals surface area (Å²) in [7, 11) is -3.52. The molecule has 0 unspecified atom stereocenters. The molecule has 0 saturated heterocycles. The molecule has 0 spiro atoms. The minimum absolute atomic E-state index is 0. The van der Waals surface area contributed by atoms with Gasteiger partial charge in [0.25, 0.3) is 4.38 Å². The van der Waals surface area contributed by atoms with Crippen molar-refractivity contribution in [2.24, 2.45) is 0 Å². The zero-order chi connectivity index (χ0) is 7.61. The molecule has 0 bridgehead atoms. The van der Waals surface area contributed by atoms with Crippen LogP contribution in [0.3, 0.4) is 0 Å². The SMILES string of the molecule is C.N#[N+]S(=O)(=O)C1CCCC1. The van der Waals surface area contributed by atoms with Gasteiger partial charge < -0.3 is 0 Å². The summed E-state index contributed by atoms with van der Waals surface area (Å²) in [6.45, 7) is 0. The fourth-order valence-corrected chi connectivity index (χ4v) is 2.32. The van der Waals surface area contributed by atoms with Crippen molar-refractivity contribution >= 4 is 10.0 Å². The van der Waals surface area contributed by atoms with Gasteiger partial charge in [-0.15, -0.1) is 8.42 Å². The van der Waals surface area contributed by atoms with E-state index in [-0.39, 0.29) is 7.43 Å². The number of rotatable bonds is 1. The minimum atomic E-state index is -3.52. The molecule has 4 nitrogen and oxygen atoms in total. The van der Waals surface area contributed by atoms with Crippen molar-refractivity contribution in [2.75, 3.05) is 0 Å². The van der Waals surface area contributed by atoms with Crippen LogP contribution in [0.1, 0.15) is 33.1 Å². The topological polar surface area (TPSA) is 62.3 Å². The quantitative estimate of drug-likeness (QED) is 0.573. The molecular formula is C6H13N2O2S+. The van der Waals surface area contributed by atoms with Crippen LogP contribution < -0.4 is 0 Å². The van der Waals surface area contributed by atoms with Gasteiger partial charge in [0.15, 0.2) is 0 Å². The standard InChI is InChI=1S/C5H9N2O2S.CH4/c6-7-10(8,9)5-3-1-2-4-5;/h5H,1-4H2;1H4/q+1;. The Labute approximate surface area is 67.3 Å². The monoisotopic (exact) mass is 177 g/mol. The highest BCUT2D eigenvalue weighted by atomic mass is 32.2. The first kappa shape index (κ1) is 10.4. The number of hydrogen-bond donors (Lipinski definition) is 0. The molecule has 0 atom stereocenters. The first-order valence-electron chi connectivity index (χ1n) is 3.27. The van der Waals surface area contributed by atoms with Gasteiger partial charge in [-0.1, -0.05) is 20.3 Å². The Kier molecular flexibility index (Phi) is 3.46. The summed E-state index contributed by atoms with van der Waals surface area (Å²) in [6, 6.07) is 0. The van der Waals surface area contributed by atoms with E-state index >= 15 is 0 Å². The van der Waals surface area contributed by atoms with Crippen molar-refractivity contribution in [1.82, 2.24) is 0 Å². The Balaban J connectivity index is 0.000001000. The van der Waals surface area contributed by atoms with Crippen molar-refractivity contribution < 1.29 is 8.42 Å². The van der Waals surface area contributed by atoms with Crippen molar-refractivity contribution in [1.29, 1.82) is 5.39 Å². The second kappa shape index (κ2) is 3.67. The lowest BCUT2D eigenvalue weighted by Gasteiger charge is -1.90. The number of nitrogens with zero attached hydrogens (tertiary/aromatic N) is 2. The van der Waals surface area contributed by atoms with E-state index in [1.54, 1.807) is 0 Å². The molecule has 1 aliphatic carbocycles. The molecule has 0 aromatic heterocycles. The lowest BCUT2D eigenvalue weighted by molar-refractivity contribution is 0.587. The molecule has 11 heavy (non-hydrogen) atoms. The van der Waals surface area contributed by atoms with Crippen molar-refractivity contribution in [3.63, 3.8) is 0 Å². The summed E-state index contributed by atoms with van der Waals surface area (Å²) in [5.41, 5.74) is 0. The lowest BCUT2D eigenvalue weighted by Crippen LogP contribution is -2.12. The molecule has 1 rings (SSSR count). The maximum atomic E-state index is 10.8. The third-order valence-electron chi connectivity index (χ3n) is 1.84. The van der Waals surface area contributed by atoms with E-state index in [0.29, 0.717) is 12.8 Å². The first-order chi connectivity index (χ1) is 4.67. The van der Waals surface area contributed by atoms with Crippen LogP contribution in [0.2, 0.25) is 0 Å². The Morgan fingerprint density at radius 1 is 1.27 bits per heavy atom. The zero-order valence-corrected chi connectivity index (χ0v) is 6.34. The van der Waals surface area contributed by atoms with Crippen molar-refractivity contribution in [3.05, 3.63) is 4.38 Å². The van der Waals surface area contributed by atoms with Crippen LogP contribution in [0, 0.1) is 5.39 Å². The van der Waals surface area contributed by atoms with Gasteiger partial charge in [0, 0.05) is 0 Å². The van der Waals surface area contributed by atoms with Gasteiger partial charge in [-0.3, -0.25) is 0 Å². The van der Waals surface area contributed by atoms with Crippen LogP contribution in [0.5, 0.6) is 0 Å². The average Bonchev–Trinajstić information content (AvgIpc) is 2.38. The Bertz CT molecular complexity index is 246. The highest BCUT2D eigenvalue weighted by Gasteiger charge is 2.38. The molecule has 0 aromatic rings. The van der Waals surface area contributed by atoms with Crippen molar-refractivity contribution in [2.45, 2.75) is 38.4 Å². The maximum absolute atomic E-state index is 10.8. The third-order valence-corrected chi connectivity index (χ3v) is 3.38. The molecule has 1 fully saturated rings. The molecule has 1 aliphatic rings. The molecule has 0 heterocycles. The molecule has 64 valence electrons. The van der Waals surface area contributed by atoms with E-state index in [1.165, 1.54) is 0 Å². The van der Waals surface area contributed by atoms with E-state index < -0.39 is 15.3 Å². The Hall–Kier alpha value is -0.630. The average molecular weight is 177 g/mol. The third kappa shape index (κ3) is 2.15. The zero-order valence-electron chi connectivity index (χ0n) is 5.52. The van der Waals surface area contributed by atoms with Crippen LogP contribution in [0.4, 0.5) is 0 Å². The summed E-state index contributed by atoms with van der Waals surface area (Å²) >= 11 is 0. The summed E-state index contributed by atoms with van der Waals surface area (Å²) in [6.07, 6.45) is 3.15. The Morgan fingerprint density at radius 2 is 1.73 bits per heavy atom. The van der Waals surface area contributed by atoms with E-state index in [0.717, 1.165) is 12.8 Å². The second-order valence-corrected chi connectivity index (χ2v) is 4.36. The van der Waals surface area contributed by atoms with Gasteiger partial charge in [0.1, 0.15) is 5.25 Å². The molecule has 0 radical (unpaired) electrons. The minimum Gasteiger partial charge on any atom is -0.145 e. The molecule has 0 aliphatic heterocycles. The Morgan fingerprint density at radius 3 is 2.09 bits per heavy atom. The first-order valence-corrected chi connectivity index (χ1v) is 4.77. The van der Waals surface area contributed by atoms with Gasteiger partial charge >= 0.3 is 10.0 Å². The van der Waals surface area contributed by atoms with E-state index in [2.05, 4.69) is 4.38 Å². The molecular weight excluding hydrogens is 164 g/mol. The van der Waals surface area contributed by atoms with Gasteiger partial charge in [0.05, 0.1) is 0 Å². The summed E-state index contributed by atoms with van der Waals surface area (Å²) in [4.78, 5) is 0. The van der Waals surface area contributed by atoms with Gasteiger partial charge in [0.2, 0.25) is 5.39 Å². The van der Waals surface area contributed by atoms with Gasteiger partial charge in [-0.2, -0.15) is 0 Å². The summed E-state index contributed by atoms with van der Waals surface area (Å²) in [5, 5.41) is 7.67. The number of diazo groups is 1. The van der Waals surface area contributed by atoms with E-state index in [4.69, 9.17) is 5.39 Å². The van der Waals surface area contributed by atoms with Gasteiger partial charge in [-0.05, 0) is 12.8 Å². The highest BCUT2D eigenvalue weighted by molar-refractivity contribution is 7.93. The van der Waals surface area contributed by atoms with Crippen LogP contribution in [0.25, 0.3) is 4.38 Å². The number of hydrogen-bond acceptors (Lipinski definition) is 3. The highest BCUT2D eigenvalue weighted by Crippen LogP contribution is 2.25. The lowest BCUT2D eigenvalue weighted by atomic mass is 10.4. The van der Waals surface area contributed by atoms with Crippen LogP contribution in [-0.4, -0.2) is 13.7 Å². The molecule has 1 saturated carbocycles. The second-order valence-electron chi connectivity index (χ2n) is 2.50. The van der Waals surface area contributed by atoms with Crippen molar-refractivity contribution in [3.8, 4) is 0 Å². The smallest absolute Gasteiger partial charge is 0.145 e. The fourth-order valence-electron chi connectivity index (χ4n) is 1.25. The summed E-state index contributed by atoms with van der Waals surface area (Å²) in [5.74, 6) is 0. The van der Waals surface area contributed by atoms with Crippen LogP contribution >= 0.6 is 0 Å². The largest absolute Gasteiger partial charge is 0.523 e. The summed E-state index contributed by atoms with van der Waals surface area (Å²) < 4.78 is 23.9. The number of sulfonamides is 1. The van der Waals surface area contributed by atoms with Gasteiger partial charge in [-0.25, -0.2) is 0 Å². The maximum Gasteiger partial charge on any atom is 0.523 e. The molecule has 0 aromatic carbocycles. The van der Waals surface area contributed by atoms with Crippen LogP contribution in [0.15, 0.2) is 0 Å². The molecule has 0 amide bonds. The fraction of sp³-hybridized carbons (Fsp3) is 1.00.